The molecule has 0 atom stereocenters. The minimum Gasteiger partial charge on any atom is -0.481 e. The summed E-state index contributed by atoms with van der Waals surface area (Å²) in [6.45, 7) is 0. The Balaban J connectivity index is 2.04. The normalized spacial score (nSPS) is 49.3. The molecule has 1 N–H and O–H groups in total. The molecular weight excluding hydrogens is 152 g/mol. The van der Waals surface area contributed by atoms with Crippen LogP contribution in [0.1, 0.15) is 19.3 Å². The van der Waals surface area contributed by atoms with Crippen molar-refractivity contribution in [3.63, 3.8) is 0 Å². The van der Waals surface area contributed by atoms with Crippen molar-refractivity contribution in [2.75, 3.05) is 5.88 Å². The number of hydrogen-bond donors (Lipinski definition) is 1. The predicted molar refractivity (Wildman–Crippen MR) is 37.1 cm³/mol. The fraction of sp³-hybridized carbons (Fsp3) is 0.857. The Bertz CT molecular complexity index is 180. The summed E-state index contributed by atoms with van der Waals surface area (Å²) >= 11 is 5.66. The molecule has 0 unspecified atom stereocenters. The van der Waals surface area contributed by atoms with Crippen LogP contribution in [0.15, 0.2) is 0 Å². The number of carboxylic acid groups (broad SMARTS) is 1. The highest BCUT2D eigenvalue weighted by atomic mass is 35.5. The summed E-state index contributed by atoms with van der Waals surface area (Å²) in [5.41, 5.74) is -0.102. The molecule has 3 rings (SSSR count). The molecule has 0 radical (unpaired) electrons. The number of rotatable bonds is 2. The zero-order chi connectivity index (χ0) is 7.41. The van der Waals surface area contributed by atoms with Gasteiger partial charge in [-0.15, -0.1) is 11.6 Å². The van der Waals surface area contributed by atoms with Gasteiger partial charge in [-0.05, 0) is 24.7 Å². The van der Waals surface area contributed by atoms with Gasteiger partial charge in [-0.25, -0.2) is 0 Å². The first-order valence-electron chi connectivity index (χ1n) is 3.42. The Kier molecular flexibility index (Phi) is 0.970. The maximum absolute atomic E-state index is 10.6. The number of carbonyl (C=O) groups is 1. The van der Waals surface area contributed by atoms with E-state index in [0.29, 0.717) is 5.88 Å². The van der Waals surface area contributed by atoms with Crippen LogP contribution in [0.3, 0.4) is 0 Å². The van der Waals surface area contributed by atoms with Crippen LogP contribution in [-0.2, 0) is 4.79 Å². The van der Waals surface area contributed by atoms with E-state index in [2.05, 4.69) is 0 Å². The van der Waals surface area contributed by atoms with Crippen LogP contribution in [0, 0.1) is 10.8 Å². The summed E-state index contributed by atoms with van der Waals surface area (Å²) < 4.78 is 0. The maximum atomic E-state index is 10.6. The Morgan fingerprint density at radius 1 is 1.50 bits per heavy atom. The van der Waals surface area contributed by atoms with Gasteiger partial charge in [0.2, 0.25) is 0 Å². The third-order valence-electron chi connectivity index (χ3n) is 2.88. The number of hydrogen-bond acceptors (Lipinski definition) is 1. The fourth-order valence-corrected chi connectivity index (χ4v) is 2.65. The zero-order valence-electron chi connectivity index (χ0n) is 5.56. The lowest BCUT2D eigenvalue weighted by Crippen LogP contribution is -2.66. The highest BCUT2D eigenvalue weighted by molar-refractivity contribution is 6.18. The highest BCUT2D eigenvalue weighted by Gasteiger charge is 2.71. The van der Waals surface area contributed by atoms with Crippen molar-refractivity contribution in [3.05, 3.63) is 0 Å². The van der Waals surface area contributed by atoms with Crippen molar-refractivity contribution in [1.82, 2.24) is 0 Å². The quantitative estimate of drug-likeness (QED) is 0.622. The van der Waals surface area contributed by atoms with Gasteiger partial charge in [0.1, 0.15) is 0 Å². The van der Waals surface area contributed by atoms with Gasteiger partial charge < -0.3 is 5.11 Å². The van der Waals surface area contributed by atoms with Crippen LogP contribution < -0.4 is 0 Å². The molecule has 0 saturated heterocycles. The zero-order valence-corrected chi connectivity index (χ0v) is 6.32. The van der Waals surface area contributed by atoms with E-state index >= 15 is 0 Å². The van der Waals surface area contributed by atoms with Crippen LogP contribution in [0.4, 0.5) is 0 Å². The lowest BCUT2D eigenvalue weighted by molar-refractivity contribution is -0.214. The van der Waals surface area contributed by atoms with Gasteiger partial charge in [0.25, 0.3) is 0 Å². The van der Waals surface area contributed by atoms with Crippen molar-refractivity contribution < 1.29 is 9.90 Å². The number of alkyl halides is 1. The number of aliphatic carboxylic acids is 1. The van der Waals surface area contributed by atoms with Crippen molar-refractivity contribution >= 4 is 17.6 Å². The highest BCUT2D eigenvalue weighted by Crippen LogP contribution is 2.73. The molecular formula is C7H9ClO2. The molecule has 0 amide bonds. The largest absolute Gasteiger partial charge is 0.481 e. The molecule has 3 fully saturated rings. The Morgan fingerprint density at radius 3 is 2.30 bits per heavy atom. The van der Waals surface area contributed by atoms with Gasteiger partial charge in [-0.2, -0.15) is 0 Å². The molecule has 2 bridgehead atoms. The Morgan fingerprint density at radius 2 is 2.00 bits per heavy atom. The second-order valence-corrected chi connectivity index (χ2v) is 4.02. The van der Waals surface area contributed by atoms with E-state index in [0.717, 1.165) is 19.3 Å². The van der Waals surface area contributed by atoms with Gasteiger partial charge in [-0.3, -0.25) is 4.79 Å². The molecule has 10 heavy (non-hydrogen) atoms. The third kappa shape index (κ3) is 0.495. The van der Waals surface area contributed by atoms with Crippen LogP contribution in [0.5, 0.6) is 0 Å². The summed E-state index contributed by atoms with van der Waals surface area (Å²) in [4.78, 5) is 10.6. The first-order valence-corrected chi connectivity index (χ1v) is 3.95. The lowest BCUT2D eigenvalue weighted by Gasteiger charge is -2.67. The van der Waals surface area contributed by atoms with Crippen molar-refractivity contribution in [1.29, 1.82) is 0 Å². The number of halogens is 1. The van der Waals surface area contributed by atoms with Crippen LogP contribution in [0.2, 0.25) is 0 Å². The average Bonchev–Trinajstić information content (AvgIpc) is 1.57. The smallest absolute Gasteiger partial charge is 0.309 e. The van der Waals surface area contributed by atoms with E-state index in [-0.39, 0.29) is 10.8 Å². The van der Waals surface area contributed by atoms with Crippen LogP contribution in [-0.4, -0.2) is 17.0 Å². The fourth-order valence-electron chi connectivity index (χ4n) is 2.37. The minimum absolute atomic E-state index is 0.236. The minimum atomic E-state index is -0.625. The summed E-state index contributed by atoms with van der Waals surface area (Å²) in [6.07, 6.45) is 2.45. The first kappa shape index (κ1) is 6.47. The van der Waals surface area contributed by atoms with Gasteiger partial charge in [-0.1, -0.05) is 0 Å². The Labute approximate surface area is 64.2 Å². The van der Waals surface area contributed by atoms with Gasteiger partial charge >= 0.3 is 5.97 Å². The van der Waals surface area contributed by atoms with E-state index in [4.69, 9.17) is 16.7 Å². The predicted octanol–water partition coefficient (Wildman–Crippen LogP) is 1.48. The van der Waals surface area contributed by atoms with Gasteiger partial charge in [0.05, 0.1) is 5.41 Å². The third-order valence-corrected chi connectivity index (χ3v) is 3.44. The molecule has 0 aromatic heterocycles. The topological polar surface area (TPSA) is 37.3 Å². The summed E-state index contributed by atoms with van der Waals surface area (Å²) in [7, 11) is 0. The van der Waals surface area contributed by atoms with E-state index < -0.39 is 5.97 Å². The van der Waals surface area contributed by atoms with Crippen molar-refractivity contribution in [2.24, 2.45) is 10.8 Å². The van der Waals surface area contributed by atoms with E-state index in [9.17, 15) is 4.79 Å². The monoisotopic (exact) mass is 160 g/mol. The van der Waals surface area contributed by atoms with Crippen LogP contribution in [0.25, 0.3) is 0 Å². The maximum Gasteiger partial charge on any atom is 0.309 e. The molecule has 3 saturated carbocycles. The van der Waals surface area contributed by atoms with Gasteiger partial charge in [0, 0.05) is 5.88 Å². The summed E-state index contributed by atoms with van der Waals surface area (Å²) in [5, 5.41) is 8.70. The standard InChI is InChI=1S/C7H9ClO2/c8-4-6-1-7(2-6,3-6)5(9)10/h1-4H2,(H,9,10). The van der Waals surface area contributed by atoms with Crippen molar-refractivity contribution in [2.45, 2.75) is 19.3 Å². The molecule has 0 heterocycles. The van der Waals surface area contributed by atoms with Gasteiger partial charge in [0.15, 0.2) is 0 Å². The molecule has 3 aliphatic rings. The molecule has 56 valence electrons. The molecule has 0 aromatic carbocycles. The van der Waals surface area contributed by atoms with E-state index in [1.807, 2.05) is 0 Å². The van der Waals surface area contributed by atoms with Crippen molar-refractivity contribution in [3.8, 4) is 0 Å². The molecule has 0 spiro atoms. The second-order valence-electron chi connectivity index (χ2n) is 3.75. The van der Waals surface area contributed by atoms with Crippen LogP contribution >= 0.6 is 11.6 Å². The molecule has 2 nitrogen and oxygen atoms in total. The molecule has 0 aliphatic heterocycles. The lowest BCUT2D eigenvalue weighted by atomic mass is 9.36. The first-order chi connectivity index (χ1) is 4.63. The van der Waals surface area contributed by atoms with E-state index in [1.165, 1.54) is 0 Å². The molecule has 3 aliphatic carbocycles. The summed E-state index contributed by atoms with van der Waals surface area (Å²) in [5.74, 6) is 0.0154. The second kappa shape index (κ2) is 1.50. The summed E-state index contributed by atoms with van der Waals surface area (Å²) in [6, 6.07) is 0. The molecule has 0 aromatic rings. The van der Waals surface area contributed by atoms with E-state index in [1.54, 1.807) is 0 Å². The number of carboxylic acids is 1. The SMILES string of the molecule is O=C(O)C12CC(CCl)(C1)C2. The Hall–Kier alpha value is -0.240. The average molecular weight is 161 g/mol. The molecule has 3 heteroatoms.